The van der Waals surface area contributed by atoms with Crippen LogP contribution in [0.5, 0.6) is 5.75 Å². The molecule has 0 spiro atoms. The largest absolute Gasteiger partial charge is 0.497 e. The molecule has 2 rings (SSSR count). The monoisotopic (exact) mass is 263 g/mol. The van der Waals surface area contributed by atoms with Crippen LogP contribution >= 0.6 is 0 Å². The third-order valence-electron chi connectivity index (χ3n) is 3.79. The number of methoxy groups -OCH3 is 1. The molecule has 0 radical (unpaired) electrons. The second-order valence-corrected chi connectivity index (χ2v) is 5.06. The Morgan fingerprint density at radius 3 is 2.79 bits per heavy atom. The van der Waals surface area contributed by atoms with Gasteiger partial charge in [0.05, 0.1) is 13.0 Å². The van der Waals surface area contributed by atoms with E-state index >= 15 is 0 Å². The minimum atomic E-state index is -0.646. The van der Waals surface area contributed by atoms with E-state index in [0.717, 1.165) is 44.6 Å². The average Bonchev–Trinajstić information content (AvgIpc) is 2.46. The Kier molecular flexibility index (Phi) is 4.80. The normalized spacial score (nSPS) is 17.3. The molecule has 4 heteroatoms. The fourth-order valence-corrected chi connectivity index (χ4v) is 2.52. The van der Waals surface area contributed by atoms with Gasteiger partial charge >= 0.3 is 5.97 Å². The van der Waals surface area contributed by atoms with E-state index in [2.05, 4.69) is 17.0 Å². The van der Waals surface area contributed by atoms with Gasteiger partial charge in [-0.25, -0.2) is 0 Å². The summed E-state index contributed by atoms with van der Waals surface area (Å²) < 4.78 is 5.21. The zero-order valence-electron chi connectivity index (χ0n) is 11.3. The number of ether oxygens (including phenoxy) is 1. The lowest BCUT2D eigenvalue weighted by atomic mass is 9.97. The Bertz CT molecular complexity index is 425. The lowest BCUT2D eigenvalue weighted by molar-refractivity contribution is -0.143. The molecule has 1 fully saturated rings. The number of carbonyl (C=O) groups is 1. The molecule has 1 saturated heterocycles. The summed E-state index contributed by atoms with van der Waals surface area (Å²) in [5, 5.41) is 8.96. The van der Waals surface area contributed by atoms with Crippen LogP contribution in [0.3, 0.4) is 0 Å². The fraction of sp³-hybridized carbons (Fsp3) is 0.533. The molecule has 0 amide bonds. The van der Waals surface area contributed by atoms with Crippen molar-refractivity contribution >= 4 is 5.97 Å². The summed E-state index contributed by atoms with van der Waals surface area (Å²) in [5.41, 5.74) is 1.26. The molecule has 19 heavy (non-hydrogen) atoms. The SMILES string of the molecule is COc1cccc(CCN2CCC(C(=O)O)CC2)c1. The fourth-order valence-electron chi connectivity index (χ4n) is 2.52. The molecule has 1 aromatic rings. The Balaban J connectivity index is 1.78. The first-order chi connectivity index (χ1) is 9.19. The second-order valence-electron chi connectivity index (χ2n) is 5.06. The van der Waals surface area contributed by atoms with Crippen molar-refractivity contribution in [1.82, 2.24) is 4.90 Å². The maximum atomic E-state index is 10.9. The molecular weight excluding hydrogens is 242 g/mol. The summed E-state index contributed by atoms with van der Waals surface area (Å²) >= 11 is 0. The van der Waals surface area contributed by atoms with Crippen molar-refractivity contribution in [2.24, 2.45) is 5.92 Å². The summed E-state index contributed by atoms with van der Waals surface area (Å²) in [6.45, 7) is 2.77. The second kappa shape index (κ2) is 6.57. The van der Waals surface area contributed by atoms with Crippen molar-refractivity contribution in [3.63, 3.8) is 0 Å². The average molecular weight is 263 g/mol. The van der Waals surface area contributed by atoms with E-state index in [1.54, 1.807) is 7.11 Å². The van der Waals surface area contributed by atoms with E-state index in [1.807, 2.05) is 12.1 Å². The van der Waals surface area contributed by atoms with Crippen LogP contribution in [0.2, 0.25) is 0 Å². The van der Waals surface area contributed by atoms with Crippen molar-refractivity contribution < 1.29 is 14.6 Å². The predicted octanol–water partition coefficient (Wildman–Crippen LogP) is 2.03. The Morgan fingerprint density at radius 1 is 1.42 bits per heavy atom. The smallest absolute Gasteiger partial charge is 0.306 e. The number of piperidine rings is 1. The van der Waals surface area contributed by atoms with Crippen LogP contribution in [0.15, 0.2) is 24.3 Å². The Labute approximate surface area is 114 Å². The molecule has 0 unspecified atom stereocenters. The topological polar surface area (TPSA) is 49.8 Å². The Morgan fingerprint density at radius 2 is 2.16 bits per heavy atom. The number of rotatable bonds is 5. The predicted molar refractivity (Wildman–Crippen MR) is 73.5 cm³/mol. The van der Waals surface area contributed by atoms with Crippen molar-refractivity contribution in [3.05, 3.63) is 29.8 Å². The molecular formula is C15H21NO3. The summed E-state index contributed by atoms with van der Waals surface area (Å²) in [7, 11) is 1.68. The maximum absolute atomic E-state index is 10.9. The number of hydrogen-bond donors (Lipinski definition) is 1. The molecule has 0 saturated carbocycles. The van der Waals surface area contributed by atoms with Gasteiger partial charge in [-0.2, -0.15) is 0 Å². The molecule has 104 valence electrons. The highest BCUT2D eigenvalue weighted by Crippen LogP contribution is 2.18. The number of aliphatic carboxylic acids is 1. The van der Waals surface area contributed by atoms with Crippen molar-refractivity contribution in [2.45, 2.75) is 19.3 Å². The molecule has 4 nitrogen and oxygen atoms in total. The van der Waals surface area contributed by atoms with Crippen LogP contribution in [-0.4, -0.2) is 42.7 Å². The number of likely N-dealkylation sites (tertiary alicyclic amines) is 1. The molecule has 1 aliphatic rings. The number of carboxylic acids is 1. The highest BCUT2D eigenvalue weighted by molar-refractivity contribution is 5.70. The number of carboxylic acid groups (broad SMARTS) is 1. The zero-order chi connectivity index (χ0) is 13.7. The summed E-state index contributed by atoms with van der Waals surface area (Å²) in [5.74, 6) is 0.0996. The van der Waals surface area contributed by atoms with Gasteiger partial charge < -0.3 is 14.7 Å². The first-order valence-electron chi connectivity index (χ1n) is 6.77. The summed E-state index contributed by atoms with van der Waals surface area (Å²) in [6, 6.07) is 8.11. The lowest BCUT2D eigenvalue weighted by Gasteiger charge is -2.29. The molecule has 1 heterocycles. The summed E-state index contributed by atoms with van der Waals surface area (Å²) in [4.78, 5) is 13.2. The van der Waals surface area contributed by atoms with E-state index in [1.165, 1.54) is 5.56 Å². The quantitative estimate of drug-likeness (QED) is 0.883. The highest BCUT2D eigenvalue weighted by atomic mass is 16.5. The van der Waals surface area contributed by atoms with Gasteiger partial charge in [0.25, 0.3) is 0 Å². The lowest BCUT2D eigenvalue weighted by Crippen LogP contribution is -2.37. The third kappa shape index (κ3) is 3.96. The zero-order valence-corrected chi connectivity index (χ0v) is 11.3. The third-order valence-corrected chi connectivity index (χ3v) is 3.79. The first-order valence-corrected chi connectivity index (χ1v) is 6.77. The maximum Gasteiger partial charge on any atom is 0.306 e. The van der Waals surface area contributed by atoms with E-state index < -0.39 is 5.97 Å². The van der Waals surface area contributed by atoms with E-state index in [9.17, 15) is 4.79 Å². The van der Waals surface area contributed by atoms with Gasteiger partial charge in [0, 0.05) is 6.54 Å². The van der Waals surface area contributed by atoms with Crippen LogP contribution in [-0.2, 0) is 11.2 Å². The molecule has 0 aliphatic carbocycles. The summed E-state index contributed by atoms with van der Waals surface area (Å²) in [6.07, 6.45) is 2.52. The number of hydrogen-bond acceptors (Lipinski definition) is 3. The van der Waals surface area contributed by atoms with Crippen LogP contribution < -0.4 is 4.74 Å². The molecule has 0 aromatic heterocycles. The van der Waals surface area contributed by atoms with Crippen molar-refractivity contribution in [2.75, 3.05) is 26.7 Å². The van der Waals surface area contributed by atoms with Gasteiger partial charge in [0.2, 0.25) is 0 Å². The van der Waals surface area contributed by atoms with Crippen molar-refractivity contribution in [3.8, 4) is 5.75 Å². The number of nitrogens with zero attached hydrogens (tertiary/aromatic N) is 1. The van der Waals surface area contributed by atoms with E-state index in [0.29, 0.717) is 0 Å². The van der Waals surface area contributed by atoms with Crippen molar-refractivity contribution in [1.29, 1.82) is 0 Å². The highest BCUT2D eigenvalue weighted by Gasteiger charge is 2.23. The van der Waals surface area contributed by atoms with Gasteiger partial charge in [0.15, 0.2) is 0 Å². The van der Waals surface area contributed by atoms with Gasteiger partial charge in [-0.15, -0.1) is 0 Å². The minimum absolute atomic E-state index is 0.145. The Hall–Kier alpha value is -1.55. The molecule has 1 N–H and O–H groups in total. The van der Waals surface area contributed by atoms with E-state index in [-0.39, 0.29) is 5.92 Å². The van der Waals surface area contributed by atoms with Gasteiger partial charge in [-0.05, 0) is 50.0 Å². The first kappa shape index (κ1) is 13.9. The standard InChI is InChI=1S/C15H21NO3/c1-19-14-4-2-3-12(11-14)5-8-16-9-6-13(7-10-16)15(17)18/h2-4,11,13H,5-10H2,1H3,(H,17,18). The van der Waals surface area contributed by atoms with Gasteiger partial charge in [-0.3, -0.25) is 4.79 Å². The van der Waals surface area contributed by atoms with Crippen LogP contribution in [0.1, 0.15) is 18.4 Å². The minimum Gasteiger partial charge on any atom is -0.497 e. The molecule has 0 atom stereocenters. The molecule has 1 aromatic carbocycles. The van der Waals surface area contributed by atoms with E-state index in [4.69, 9.17) is 9.84 Å². The number of benzene rings is 1. The van der Waals surface area contributed by atoms with Crippen LogP contribution in [0.4, 0.5) is 0 Å². The van der Waals surface area contributed by atoms with Gasteiger partial charge in [0.1, 0.15) is 5.75 Å². The van der Waals surface area contributed by atoms with Crippen LogP contribution in [0, 0.1) is 5.92 Å². The van der Waals surface area contributed by atoms with Gasteiger partial charge in [-0.1, -0.05) is 12.1 Å². The molecule has 0 bridgehead atoms. The molecule has 1 aliphatic heterocycles. The van der Waals surface area contributed by atoms with Crippen LogP contribution in [0.25, 0.3) is 0 Å².